The van der Waals surface area contributed by atoms with Gasteiger partial charge < -0.3 is 14.5 Å². The molecule has 4 nitrogen and oxygen atoms in total. The molecule has 2 aromatic rings. The van der Waals surface area contributed by atoms with Crippen molar-refractivity contribution < 1.29 is 9.47 Å². The van der Waals surface area contributed by atoms with Gasteiger partial charge in [-0.15, -0.1) is 12.4 Å². The Labute approximate surface area is 100 Å². The van der Waals surface area contributed by atoms with Gasteiger partial charge in [0, 0.05) is 12.4 Å². The molecule has 0 radical (unpaired) electrons. The minimum Gasteiger partial charge on any atom is -0.497 e. The number of imidazole rings is 1. The highest BCUT2D eigenvalue weighted by Crippen LogP contribution is 2.17. The molecular weight excluding hydrogens is 228 g/mol. The maximum Gasteiger partial charge on any atom is 0.146 e. The summed E-state index contributed by atoms with van der Waals surface area (Å²) >= 11 is 0. The maximum absolute atomic E-state index is 5.50. The molecule has 1 heterocycles. The molecule has 0 spiro atoms. The quantitative estimate of drug-likeness (QED) is 0.893. The van der Waals surface area contributed by atoms with Gasteiger partial charge in [-0.05, 0) is 24.3 Å². The van der Waals surface area contributed by atoms with Crippen molar-refractivity contribution in [3.8, 4) is 11.5 Å². The van der Waals surface area contributed by atoms with Crippen LogP contribution in [0.5, 0.6) is 11.5 Å². The summed E-state index contributed by atoms with van der Waals surface area (Å²) in [5.41, 5.74) is 0. The Morgan fingerprint density at radius 3 is 2.44 bits per heavy atom. The fraction of sp³-hybridized carbons (Fsp3) is 0.182. The van der Waals surface area contributed by atoms with E-state index in [4.69, 9.17) is 9.47 Å². The number of nitrogens with zero attached hydrogens (tertiary/aromatic N) is 1. The molecule has 0 amide bonds. The largest absolute Gasteiger partial charge is 0.497 e. The number of benzene rings is 1. The van der Waals surface area contributed by atoms with Gasteiger partial charge in [0.25, 0.3) is 0 Å². The number of hydrogen-bond donors (Lipinski definition) is 1. The highest BCUT2D eigenvalue weighted by molar-refractivity contribution is 5.85. The van der Waals surface area contributed by atoms with Crippen molar-refractivity contribution in [2.75, 3.05) is 7.11 Å². The maximum atomic E-state index is 5.50. The Kier molecular flexibility index (Phi) is 4.66. The zero-order valence-corrected chi connectivity index (χ0v) is 9.66. The Morgan fingerprint density at radius 1 is 1.19 bits per heavy atom. The molecule has 0 atom stereocenters. The van der Waals surface area contributed by atoms with E-state index in [1.165, 1.54) is 0 Å². The zero-order valence-electron chi connectivity index (χ0n) is 8.84. The van der Waals surface area contributed by atoms with E-state index in [0.29, 0.717) is 6.61 Å². The molecule has 16 heavy (non-hydrogen) atoms. The number of halogens is 1. The summed E-state index contributed by atoms with van der Waals surface area (Å²) in [7, 11) is 1.64. The number of hydrogen-bond acceptors (Lipinski definition) is 3. The predicted octanol–water partition coefficient (Wildman–Crippen LogP) is 2.42. The number of nitrogens with one attached hydrogen (secondary N) is 1. The van der Waals surface area contributed by atoms with Gasteiger partial charge in [0.2, 0.25) is 0 Å². The van der Waals surface area contributed by atoms with E-state index in [2.05, 4.69) is 9.97 Å². The first kappa shape index (κ1) is 12.4. The van der Waals surface area contributed by atoms with Crippen LogP contribution in [-0.4, -0.2) is 17.1 Å². The van der Waals surface area contributed by atoms with Crippen molar-refractivity contribution in [3.05, 3.63) is 42.5 Å². The zero-order chi connectivity index (χ0) is 10.5. The van der Waals surface area contributed by atoms with Gasteiger partial charge >= 0.3 is 0 Å². The highest BCUT2D eigenvalue weighted by Gasteiger charge is 1.97. The van der Waals surface area contributed by atoms with Crippen LogP contribution in [0.1, 0.15) is 5.82 Å². The smallest absolute Gasteiger partial charge is 0.146 e. The minimum absolute atomic E-state index is 0. The van der Waals surface area contributed by atoms with Gasteiger partial charge in [-0.2, -0.15) is 0 Å². The van der Waals surface area contributed by atoms with Crippen molar-refractivity contribution in [1.29, 1.82) is 0 Å². The van der Waals surface area contributed by atoms with Gasteiger partial charge in [0.05, 0.1) is 7.11 Å². The molecule has 0 aliphatic rings. The van der Waals surface area contributed by atoms with E-state index < -0.39 is 0 Å². The molecule has 2 rings (SSSR count). The van der Waals surface area contributed by atoms with E-state index in [0.717, 1.165) is 17.3 Å². The van der Waals surface area contributed by atoms with Crippen LogP contribution >= 0.6 is 12.4 Å². The summed E-state index contributed by atoms with van der Waals surface area (Å²) in [6, 6.07) is 7.44. The first-order valence-electron chi connectivity index (χ1n) is 4.63. The number of H-pyrrole nitrogens is 1. The van der Waals surface area contributed by atoms with Crippen molar-refractivity contribution in [3.63, 3.8) is 0 Å². The Morgan fingerprint density at radius 2 is 1.88 bits per heavy atom. The third-order valence-electron chi connectivity index (χ3n) is 1.99. The SMILES string of the molecule is COc1ccc(OCc2ncc[nH]2)cc1.Cl. The van der Waals surface area contributed by atoms with Crippen molar-refractivity contribution in [2.24, 2.45) is 0 Å². The molecule has 1 N–H and O–H groups in total. The van der Waals surface area contributed by atoms with Crippen LogP contribution in [0, 0.1) is 0 Å². The van der Waals surface area contributed by atoms with Gasteiger partial charge in [-0.3, -0.25) is 0 Å². The molecule has 1 aromatic carbocycles. The van der Waals surface area contributed by atoms with Crippen LogP contribution in [0.25, 0.3) is 0 Å². The van der Waals surface area contributed by atoms with Gasteiger partial charge in [0.15, 0.2) is 0 Å². The lowest BCUT2D eigenvalue weighted by molar-refractivity contribution is 0.296. The van der Waals surface area contributed by atoms with Crippen molar-refractivity contribution >= 4 is 12.4 Å². The summed E-state index contributed by atoms with van der Waals surface area (Å²) in [4.78, 5) is 7.03. The average Bonchev–Trinajstić information content (AvgIpc) is 2.80. The molecule has 0 saturated heterocycles. The molecule has 0 fully saturated rings. The second kappa shape index (κ2) is 6.02. The van der Waals surface area contributed by atoms with E-state index in [1.807, 2.05) is 24.3 Å². The van der Waals surface area contributed by atoms with E-state index >= 15 is 0 Å². The Hall–Kier alpha value is -1.68. The van der Waals surface area contributed by atoms with Crippen LogP contribution in [-0.2, 0) is 6.61 Å². The van der Waals surface area contributed by atoms with Crippen LogP contribution in [0.2, 0.25) is 0 Å². The summed E-state index contributed by atoms with van der Waals surface area (Å²) in [6.07, 6.45) is 3.47. The van der Waals surface area contributed by atoms with E-state index in [-0.39, 0.29) is 12.4 Å². The lowest BCUT2D eigenvalue weighted by Gasteiger charge is -2.04. The van der Waals surface area contributed by atoms with Gasteiger partial charge in [-0.25, -0.2) is 4.98 Å². The number of aromatic nitrogens is 2. The van der Waals surface area contributed by atoms with Crippen LogP contribution in [0.4, 0.5) is 0 Å². The van der Waals surface area contributed by atoms with Crippen LogP contribution in [0.3, 0.4) is 0 Å². The molecule has 0 aliphatic heterocycles. The molecule has 5 heteroatoms. The van der Waals surface area contributed by atoms with Crippen molar-refractivity contribution in [2.45, 2.75) is 6.61 Å². The summed E-state index contributed by atoms with van der Waals surface area (Å²) in [5.74, 6) is 2.43. The second-order valence-corrected chi connectivity index (χ2v) is 3.00. The van der Waals surface area contributed by atoms with Crippen LogP contribution in [0.15, 0.2) is 36.7 Å². The summed E-state index contributed by atoms with van der Waals surface area (Å²) in [5, 5.41) is 0. The van der Waals surface area contributed by atoms with Crippen LogP contribution < -0.4 is 9.47 Å². The van der Waals surface area contributed by atoms with Gasteiger partial charge in [-0.1, -0.05) is 0 Å². The first-order chi connectivity index (χ1) is 7.38. The first-order valence-corrected chi connectivity index (χ1v) is 4.63. The second-order valence-electron chi connectivity index (χ2n) is 3.00. The van der Waals surface area contributed by atoms with Crippen molar-refractivity contribution in [1.82, 2.24) is 9.97 Å². The topological polar surface area (TPSA) is 47.1 Å². The van der Waals surface area contributed by atoms with Gasteiger partial charge in [0.1, 0.15) is 23.9 Å². The minimum atomic E-state index is 0. The lowest BCUT2D eigenvalue weighted by Crippen LogP contribution is -1.97. The lowest BCUT2D eigenvalue weighted by atomic mass is 10.3. The molecule has 0 bridgehead atoms. The third-order valence-corrected chi connectivity index (χ3v) is 1.99. The molecule has 0 saturated carbocycles. The molecule has 0 unspecified atom stereocenters. The highest BCUT2D eigenvalue weighted by atomic mass is 35.5. The summed E-state index contributed by atoms with van der Waals surface area (Å²) in [6.45, 7) is 0.444. The number of aromatic amines is 1. The predicted molar refractivity (Wildman–Crippen MR) is 63.2 cm³/mol. The third kappa shape index (κ3) is 3.17. The molecular formula is C11H13ClN2O2. The monoisotopic (exact) mass is 240 g/mol. The number of methoxy groups -OCH3 is 1. The Bertz CT molecular complexity index is 400. The fourth-order valence-corrected chi connectivity index (χ4v) is 1.20. The summed E-state index contributed by atoms with van der Waals surface area (Å²) < 4.78 is 10.5. The standard InChI is InChI=1S/C11H12N2O2.ClH/c1-14-9-2-4-10(5-3-9)15-8-11-12-6-7-13-11;/h2-7H,8H2,1H3,(H,12,13);1H. The van der Waals surface area contributed by atoms with E-state index in [1.54, 1.807) is 19.5 Å². The fourth-order valence-electron chi connectivity index (χ4n) is 1.20. The molecule has 86 valence electrons. The molecule has 0 aliphatic carbocycles. The number of rotatable bonds is 4. The number of ether oxygens (including phenoxy) is 2. The molecule has 1 aromatic heterocycles. The van der Waals surface area contributed by atoms with E-state index in [9.17, 15) is 0 Å². The average molecular weight is 241 g/mol. The Balaban J connectivity index is 0.00000128. The normalized spacial score (nSPS) is 9.31.